The van der Waals surface area contributed by atoms with Crippen molar-refractivity contribution in [1.82, 2.24) is 10.3 Å². The minimum Gasteiger partial charge on any atom is -0.444 e. The molecule has 0 saturated carbocycles. The van der Waals surface area contributed by atoms with Gasteiger partial charge in [-0.3, -0.25) is 0 Å². The van der Waals surface area contributed by atoms with E-state index in [9.17, 15) is 4.79 Å². The van der Waals surface area contributed by atoms with E-state index in [1.54, 1.807) is 0 Å². The first-order valence-corrected chi connectivity index (χ1v) is 10.1. The zero-order valence-electron chi connectivity index (χ0n) is 15.6. The van der Waals surface area contributed by atoms with Crippen molar-refractivity contribution in [1.29, 1.82) is 0 Å². The number of hydrogen-bond acceptors (Lipinski definition) is 6. The van der Waals surface area contributed by atoms with Crippen LogP contribution >= 0.6 is 22.6 Å². The average molecular weight is 474 g/mol. The van der Waals surface area contributed by atoms with Gasteiger partial charge in [-0.1, -0.05) is 0 Å². The van der Waals surface area contributed by atoms with Crippen LogP contribution in [0.15, 0.2) is 12.1 Å². The Morgan fingerprint density at radius 3 is 2.54 bits per heavy atom. The second kappa shape index (κ2) is 8.16. The van der Waals surface area contributed by atoms with Crippen LogP contribution in [0.3, 0.4) is 0 Å². The summed E-state index contributed by atoms with van der Waals surface area (Å²) in [7, 11) is 0. The molecule has 0 radical (unpaired) electrons. The fraction of sp³-hybridized carbons (Fsp3) is 0.667. The number of morpholine rings is 1. The summed E-state index contributed by atoms with van der Waals surface area (Å²) < 4.78 is 12.0. The highest BCUT2D eigenvalue weighted by atomic mass is 127. The van der Waals surface area contributed by atoms with Gasteiger partial charge in [-0.15, -0.1) is 0 Å². The molecule has 26 heavy (non-hydrogen) atoms. The largest absolute Gasteiger partial charge is 0.444 e. The van der Waals surface area contributed by atoms with Crippen LogP contribution in [0.25, 0.3) is 0 Å². The van der Waals surface area contributed by atoms with E-state index in [0.717, 1.165) is 61.0 Å². The van der Waals surface area contributed by atoms with Crippen LogP contribution in [-0.2, 0) is 9.47 Å². The molecule has 0 spiro atoms. The third kappa shape index (κ3) is 5.35. The molecular weight excluding hydrogens is 447 g/mol. The van der Waals surface area contributed by atoms with E-state index in [2.05, 4.69) is 49.8 Å². The third-order valence-electron chi connectivity index (χ3n) is 4.33. The fourth-order valence-electron chi connectivity index (χ4n) is 3.15. The highest BCUT2D eigenvalue weighted by Gasteiger charge is 2.27. The number of ether oxygens (including phenoxy) is 2. The first-order valence-electron chi connectivity index (χ1n) is 9.05. The molecule has 0 aliphatic carbocycles. The Balaban J connectivity index is 1.63. The molecule has 2 aliphatic rings. The van der Waals surface area contributed by atoms with E-state index in [0.29, 0.717) is 0 Å². The Kier molecular flexibility index (Phi) is 6.11. The first kappa shape index (κ1) is 19.5. The summed E-state index contributed by atoms with van der Waals surface area (Å²) in [5.41, 5.74) is -0.480. The van der Waals surface area contributed by atoms with Crippen LogP contribution < -0.4 is 15.1 Å². The van der Waals surface area contributed by atoms with Crippen molar-refractivity contribution in [2.45, 2.75) is 38.8 Å². The number of hydrogen-bond donors (Lipinski definition) is 1. The Bertz CT molecular complexity index is 644. The van der Waals surface area contributed by atoms with Gasteiger partial charge in [0.2, 0.25) is 0 Å². The number of carbonyl (C=O) groups is 1. The van der Waals surface area contributed by atoms with Crippen molar-refractivity contribution in [2.24, 2.45) is 0 Å². The summed E-state index contributed by atoms with van der Waals surface area (Å²) in [4.78, 5) is 21.3. The molecule has 1 amide bonds. The van der Waals surface area contributed by atoms with Crippen molar-refractivity contribution in [2.75, 3.05) is 49.2 Å². The molecule has 3 heterocycles. The zero-order chi connectivity index (χ0) is 18.7. The molecule has 7 nitrogen and oxygen atoms in total. The highest BCUT2D eigenvalue weighted by molar-refractivity contribution is 14.1. The quantitative estimate of drug-likeness (QED) is 0.680. The number of anilines is 2. The van der Waals surface area contributed by atoms with Gasteiger partial charge < -0.3 is 24.6 Å². The number of pyridine rings is 1. The van der Waals surface area contributed by atoms with Gasteiger partial charge in [-0.25, -0.2) is 9.78 Å². The zero-order valence-corrected chi connectivity index (χ0v) is 17.8. The Labute approximate surface area is 168 Å². The van der Waals surface area contributed by atoms with Crippen molar-refractivity contribution >= 4 is 40.3 Å². The molecule has 8 heteroatoms. The molecule has 2 fully saturated rings. The lowest BCUT2D eigenvalue weighted by atomic mass is 10.2. The minimum absolute atomic E-state index is 0.0800. The highest BCUT2D eigenvalue weighted by Crippen LogP contribution is 2.25. The minimum atomic E-state index is -0.480. The maximum Gasteiger partial charge on any atom is 0.407 e. The summed E-state index contributed by atoms with van der Waals surface area (Å²) in [6.07, 6.45) is 0.535. The average Bonchev–Trinajstić information content (AvgIpc) is 3.01. The van der Waals surface area contributed by atoms with Gasteiger partial charge in [-0.05, 0) is 61.9 Å². The molecule has 144 valence electrons. The number of rotatable bonds is 3. The molecule has 1 N–H and O–H groups in total. The third-order valence-corrected chi connectivity index (χ3v) is 4.95. The van der Waals surface area contributed by atoms with Crippen LogP contribution in [0.4, 0.5) is 16.4 Å². The van der Waals surface area contributed by atoms with Crippen molar-refractivity contribution in [3.05, 3.63) is 15.7 Å². The van der Waals surface area contributed by atoms with Crippen LogP contribution in [0, 0.1) is 3.57 Å². The summed E-state index contributed by atoms with van der Waals surface area (Å²) >= 11 is 2.34. The molecule has 0 bridgehead atoms. The Morgan fingerprint density at radius 2 is 1.88 bits per heavy atom. The lowest BCUT2D eigenvalue weighted by Gasteiger charge is -2.29. The second-order valence-electron chi connectivity index (χ2n) is 7.68. The van der Waals surface area contributed by atoms with Gasteiger partial charge in [0.1, 0.15) is 17.2 Å². The topological polar surface area (TPSA) is 66.9 Å². The Hall–Kier alpha value is -1.29. The molecule has 0 aromatic carbocycles. The lowest BCUT2D eigenvalue weighted by molar-refractivity contribution is 0.0509. The van der Waals surface area contributed by atoms with Crippen molar-refractivity contribution < 1.29 is 14.3 Å². The maximum atomic E-state index is 12.0. The maximum absolute atomic E-state index is 12.0. The molecule has 2 aliphatic heterocycles. The van der Waals surface area contributed by atoms with E-state index in [1.807, 2.05) is 20.8 Å². The predicted octanol–water partition coefficient (Wildman–Crippen LogP) is 2.63. The van der Waals surface area contributed by atoms with Crippen LogP contribution in [0.5, 0.6) is 0 Å². The summed E-state index contributed by atoms with van der Waals surface area (Å²) in [5, 5.41) is 2.97. The molecule has 1 atom stereocenters. The van der Waals surface area contributed by atoms with Crippen LogP contribution in [0.2, 0.25) is 0 Å². The first-order chi connectivity index (χ1) is 12.3. The van der Waals surface area contributed by atoms with Crippen molar-refractivity contribution in [3.8, 4) is 0 Å². The van der Waals surface area contributed by atoms with Gasteiger partial charge in [-0.2, -0.15) is 0 Å². The van der Waals surface area contributed by atoms with Crippen molar-refractivity contribution in [3.63, 3.8) is 0 Å². The smallest absolute Gasteiger partial charge is 0.407 e. The van der Waals surface area contributed by atoms with Crippen LogP contribution in [0.1, 0.15) is 27.2 Å². The van der Waals surface area contributed by atoms with Gasteiger partial charge in [0, 0.05) is 29.7 Å². The van der Waals surface area contributed by atoms with Gasteiger partial charge >= 0.3 is 6.09 Å². The number of alkyl carbamates (subject to hydrolysis) is 1. The monoisotopic (exact) mass is 474 g/mol. The van der Waals surface area contributed by atoms with E-state index >= 15 is 0 Å². The van der Waals surface area contributed by atoms with Gasteiger partial charge in [0.25, 0.3) is 0 Å². The SMILES string of the molecule is CC(C)(C)OC(=O)N[C@H]1CCN(c2cc(I)cc(N3CCOCC3)n2)C1. The summed E-state index contributed by atoms with van der Waals surface area (Å²) in [5.74, 6) is 1.96. The van der Waals surface area contributed by atoms with Gasteiger partial charge in [0.05, 0.1) is 19.3 Å². The fourth-order valence-corrected chi connectivity index (χ4v) is 3.70. The summed E-state index contributed by atoms with van der Waals surface area (Å²) in [6.45, 7) is 10.5. The predicted molar refractivity (Wildman–Crippen MR) is 110 cm³/mol. The number of nitrogens with zero attached hydrogens (tertiary/aromatic N) is 3. The van der Waals surface area contributed by atoms with Crippen LogP contribution in [-0.4, -0.2) is 62.1 Å². The Morgan fingerprint density at radius 1 is 1.23 bits per heavy atom. The molecule has 2 saturated heterocycles. The van der Waals surface area contributed by atoms with E-state index in [1.165, 1.54) is 0 Å². The van der Waals surface area contributed by atoms with E-state index in [-0.39, 0.29) is 12.1 Å². The molecular formula is C18H27IN4O3. The molecule has 1 aromatic heterocycles. The number of aromatic nitrogens is 1. The van der Waals surface area contributed by atoms with Gasteiger partial charge in [0.15, 0.2) is 0 Å². The standard InChI is InChI=1S/C18H27IN4O3/c1-18(2,3)26-17(24)20-14-4-5-23(12-14)16-11-13(19)10-15(21-16)22-6-8-25-9-7-22/h10-11,14H,4-9,12H2,1-3H3,(H,20,24)/t14-/m0/s1. The number of amides is 1. The lowest BCUT2D eigenvalue weighted by Crippen LogP contribution is -2.40. The summed E-state index contributed by atoms with van der Waals surface area (Å²) in [6, 6.07) is 4.29. The van der Waals surface area contributed by atoms with E-state index in [4.69, 9.17) is 14.5 Å². The number of halogens is 1. The van der Waals surface area contributed by atoms with E-state index < -0.39 is 5.60 Å². The number of carbonyl (C=O) groups excluding carboxylic acids is 1. The molecule has 3 rings (SSSR count). The molecule has 0 unspecified atom stereocenters. The number of nitrogens with one attached hydrogen (secondary N) is 1. The second-order valence-corrected chi connectivity index (χ2v) is 8.92. The normalized spacial score (nSPS) is 21.0. The molecule has 1 aromatic rings.